The highest BCUT2D eigenvalue weighted by Gasteiger charge is 2.16. The molecule has 0 saturated heterocycles. The Balaban J connectivity index is 1.95. The molecule has 0 aliphatic rings. The molecule has 9 heteroatoms. The molecule has 1 aromatic carbocycles. The molecule has 0 saturated carbocycles. The van der Waals surface area contributed by atoms with Crippen molar-refractivity contribution in [3.8, 4) is 5.95 Å². The highest BCUT2D eigenvalue weighted by Crippen LogP contribution is 2.21. The molecule has 2 aromatic heterocycles. The zero-order valence-corrected chi connectivity index (χ0v) is 17.3. The van der Waals surface area contributed by atoms with Gasteiger partial charge in [-0.25, -0.2) is 4.98 Å². The first kappa shape index (κ1) is 20.2. The minimum Gasteiger partial charge on any atom is -0.378 e. The molecule has 0 spiro atoms. The number of benzene rings is 1. The van der Waals surface area contributed by atoms with E-state index in [-0.39, 0.29) is 17.2 Å². The lowest BCUT2D eigenvalue weighted by Gasteiger charge is -2.11. The van der Waals surface area contributed by atoms with Crippen molar-refractivity contribution in [2.24, 2.45) is 10.2 Å². The van der Waals surface area contributed by atoms with Crippen molar-refractivity contribution in [2.45, 2.75) is 33.6 Å². The van der Waals surface area contributed by atoms with E-state index in [1.807, 2.05) is 50.2 Å². The summed E-state index contributed by atoms with van der Waals surface area (Å²) in [6, 6.07) is 7.50. The largest absolute Gasteiger partial charge is 0.378 e. The summed E-state index contributed by atoms with van der Waals surface area (Å²) in [6.45, 7) is 5.48. The van der Waals surface area contributed by atoms with Crippen LogP contribution in [0, 0.1) is 13.8 Å². The predicted octanol–water partition coefficient (Wildman–Crippen LogP) is 3.30. The van der Waals surface area contributed by atoms with E-state index >= 15 is 0 Å². The van der Waals surface area contributed by atoms with Gasteiger partial charge in [-0.1, -0.05) is 13.3 Å². The Morgan fingerprint density at radius 1 is 1.10 bits per heavy atom. The van der Waals surface area contributed by atoms with E-state index in [1.54, 1.807) is 13.8 Å². The van der Waals surface area contributed by atoms with Gasteiger partial charge in [-0.2, -0.15) is 9.80 Å². The van der Waals surface area contributed by atoms with Gasteiger partial charge in [0.15, 0.2) is 5.69 Å². The van der Waals surface area contributed by atoms with E-state index in [1.165, 1.54) is 4.68 Å². The van der Waals surface area contributed by atoms with Gasteiger partial charge in [-0.15, -0.1) is 5.11 Å². The van der Waals surface area contributed by atoms with Crippen molar-refractivity contribution in [2.75, 3.05) is 19.0 Å². The van der Waals surface area contributed by atoms with Gasteiger partial charge in [0.05, 0.1) is 17.1 Å². The first-order chi connectivity index (χ1) is 13.8. The molecule has 0 amide bonds. The molecule has 152 valence electrons. The Morgan fingerprint density at radius 2 is 1.79 bits per heavy atom. The molecule has 9 nitrogen and oxygen atoms in total. The number of nitrogens with zero attached hydrogens (tertiary/aromatic N) is 5. The van der Waals surface area contributed by atoms with Gasteiger partial charge < -0.3 is 4.90 Å². The summed E-state index contributed by atoms with van der Waals surface area (Å²) < 4.78 is 1.18. The van der Waals surface area contributed by atoms with Crippen LogP contribution in [-0.2, 0) is 6.42 Å². The number of hydrogen-bond acceptors (Lipinski definition) is 6. The van der Waals surface area contributed by atoms with E-state index in [0.29, 0.717) is 29.1 Å². The Hall–Kier alpha value is -3.49. The van der Waals surface area contributed by atoms with Crippen LogP contribution in [0.2, 0.25) is 0 Å². The Bertz CT molecular complexity index is 1150. The molecule has 2 N–H and O–H groups in total. The quantitative estimate of drug-likeness (QED) is 0.624. The average molecular weight is 395 g/mol. The fourth-order valence-electron chi connectivity index (χ4n) is 2.98. The molecule has 2 heterocycles. The van der Waals surface area contributed by atoms with Crippen molar-refractivity contribution < 1.29 is 0 Å². The third-order valence-corrected chi connectivity index (χ3v) is 4.59. The normalized spacial score (nSPS) is 11.3. The summed E-state index contributed by atoms with van der Waals surface area (Å²) in [5.74, 6) is 0.136. The van der Waals surface area contributed by atoms with Crippen molar-refractivity contribution >= 4 is 17.1 Å². The molecule has 0 bridgehead atoms. The van der Waals surface area contributed by atoms with E-state index in [2.05, 4.69) is 25.3 Å². The number of aromatic nitrogens is 4. The molecule has 29 heavy (non-hydrogen) atoms. The number of aryl methyl sites for hydroxylation is 2. The van der Waals surface area contributed by atoms with E-state index in [0.717, 1.165) is 12.1 Å². The monoisotopic (exact) mass is 395 g/mol. The van der Waals surface area contributed by atoms with E-state index in [4.69, 9.17) is 0 Å². The molecule has 0 atom stereocenters. The molecule has 3 aromatic rings. The zero-order valence-electron chi connectivity index (χ0n) is 17.3. The van der Waals surface area contributed by atoms with Gasteiger partial charge in [0.2, 0.25) is 5.95 Å². The third kappa shape index (κ3) is 4.18. The zero-order chi connectivity index (χ0) is 21.1. The summed E-state index contributed by atoms with van der Waals surface area (Å²) in [4.78, 5) is 34.2. The summed E-state index contributed by atoms with van der Waals surface area (Å²) in [7, 11) is 3.91. The highest BCUT2D eigenvalue weighted by molar-refractivity contribution is 5.52. The first-order valence-corrected chi connectivity index (χ1v) is 9.42. The minimum absolute atomic E-state index is 0.136. The highest BCUT2D eigenvalue weighted by atomic mass is 16.1. The van der Waals surface area contributed by atoms with Gasteiger partial charge in [-0.3, -0.25) is 19.7 Å². The Morgan fingerprint density at radius 3 is 2.38 bits per heavy atom. The summed E-state index contributed by atoms with van der Waals surface area (Å²) in [5, 5.41) is 11.2. The van der Waals surface area contributed by atoms with E-state index < -0.39 is 5.56 Å². The van der Waals surface area contributed by atoms with Gasteiger partial charge in [-0.05, 0) is 44.5 Å². The number of azo groups is 1. The Kier molecular flexibility index (Phi) is 5.76. The van der Waals surface area contributed by atoms with Crippen LogP contribution in [0.5, 0.6) is 0 Å². The van der Waals surface area contributed by atoms with Crippen LogP contribution in [0.25, 0.3) is 5.95 Å². The summed E-state index contributed by atoms with van der Waals surface area (Å²) in [5.41, 5.74) is 2.94. The Labute approximate surface area is 168 Å². The third-order valence-electron chi connectivity index (χ3n) is 4.59. The van der Waals surface area contributed by atoms with E-state index in [9.17, 15) is 9.59 Å². The molecule has 0 fully saturated rings. The second kappa shape index (κ2) is 8.26. The number of H-pyrrole nitrogens is 2. The molecular weight excluding hydrogens is 370 g/mol. The SMILES string of the molecule is CCCc1c(C)nc(-n2[nH]c(C)c(N=Nc3ccc(N(C)C)cc3)c2=O)[nH]c1=O. The lowest BCUT2D eigenvalue weighted by Crippen LogP contribution is -2.24. The second-order valence-electron chi connectivity index (χ2n) is 7.04. The smallest absolute Gasteiger partial charge is 0.301 e. The predicted molar refractivity (Wildman–Crippen MR) is 113 cm³/mol. The lowest BCUT2D eigenvalue weighted by atomic mass is 10.1. The van der Waals surface area contributed by atoms with Crippen LogP contribution in [0.4, 0.5) is 17.1 Å². The molecule has 3 rings (SSSR count). The van der Waals surface area contributed by atoms with Crippen LogP contribution in [0.3, 0.4) is 0 Å². The van der Waals surface area contributed by atoms with Crippen molar-refractivity contribution in [1.82, 2.24) is 19.7 Å². The van der Waals surface area contributed by atoms with Gasteiger partial charge >= 0.3 is 5.56 Å². The maximum atomic E-state index is 12.8. The van der Waals surface area contributed by atoms with Crippen molar-refractivity contribution in [3.05, 3.63) is 61.9 Å². The van der Waals surface area contributed by atoms with Gasteiger partial charge in [0, 0.05) is 25.3 Å². The van der Waals surface area contributed by atoms with Crippen LogP contribution < -0.4 is 16.0 Å². The van der Waals surface area contributed by atoms with Crippen LogP contribution in [0.15, 0.2) is 44.1 Å². The first-order valence-electron chi connectivity index (χ1n) is 9.42. The molecule has 0 radical (unpaired) electrons. The van der Waals surface area contributed by atoms with Crippen molar-refractivity contribution in [1.29, 1.82) is 0 Å². The number of nitrogens with one attached hydrogen (secondary N) is 2. The number of aromatic amines is 2. The topological polar surface area (TPSA) is 112 Å². The van der Waals surface area contributed by atoms with Gasteiger partial charge in [0.25, 0.3) is 5.56 Å². The fraction of sp³-hybridized carbons (Fsp3) is 0.350. The van der Waals surface area contributed by atoms with Gasteiger partial charge in [0.1, 0.15) is 0 Å². The maximum absolute atomic E-state index is 12.8. The second-order valence-corrected chi connectivity index (χ2v) is 7.04. The lowest BCUT2D eigenvalue weighted by molar-refractivity contribution is 0.749. The average Bonchev–Trinajstić information content (AvgIpc) is 2.97. The van der Waals surface area contributed by atoms with Crippen LogP contribution >= 0.6 is 0 Å². The van der Waals surface area contributed by atoms with Crippen LogP contribution in [-0.4, -0.2) is 33.8 Å². The van der Waals surface area contributed by atoms with Crippen molar-refractivity contribution in [3.63, 3.8) is 0 Å². The fourth-order valence-corrected chi connectivity index (χ4v) is 2.98. The molecule has 0 unspecified atom stereocenters. The molecule has 0 aliphatic carbocycles. The number of rotatable bonds is 6. The summed E-state index contributed by atoms with van der Waals surface area (Å²) in [6.07, 6.45) is 1.48. The number of anilines is 1. The summed E-state index contributed by atoms with van der Waals surface area (Å²) >= 11 is 0. The molecule has 0 aliphatic heterocycles. The maximum Gasteiger partial charge on any atom is 0.301 e. The minimum atomic E-state index is -0.429. The standard InChI is InChI=1S/C20H25N7O2/c1-6-7-16-12(2)21-20(22-18(16)28)27-19(29)17(13(3)25-27)24-23-14-8-10-15(11-9-14)26(4)5/h8-11,25H,6-7H2,1-5H3,(H,21,22,28). The van der Waals surface area contributed by atoms with Crippen LogP contribution in [0.1, 0.15) is 30.3 Å². The number of hydrogen-bond donors (Lipinski definition) is 2. The molecular formula is C20H25N7O2.